The second kappa shape index (κ2) is 6.23. The van der Waals surface area contributed by atoms with Crippen LogP contribution in [0.3, 0.4) is 0 Å². The number of carbonyl (C=O) groups is 1. The lowest BCUT2D eigenvalue weighted by Crippen LogP contribution is -2.20. The van der Waals surface area contributed by atoms with Crippen LogP contribution in [-0.2, 0) is 9.53 Å². The van der Waals surface area contributed by atoms with E-state index in [0.29, 0.717) is 17.3 Å². The Labute approximate surface area is 116 Å². The van der Waals surface area contributed by atoms with E-state index in [2.05, 4.69) is 0 Å². The highest BCUT2D eigenvalue weighted by atomic mass is 19.1. The van der Waals surface area contributed by atoms with Gasteiger partial charge < -0.3 is 13.9 Å². The van der Waals surface area contributed by atoms with Crippen LogP contribution >= 0.6 is 0 Å². The van der Waals surface area contributed by atoms with Gasteiger partial charge >= 0.3 is 5.97 Å². The SMILES string of the molecule is COC(=O)C(COc1cccc(F)c1)c1ccc(C)o1. The minimum absolute atomic E-state index is 0.0169. The van der Waals surface area contributed by atoms with Crippen molar-refractivity contribution in [3.05, 3.63) is 53.7 Å². The van der Waals surface area contributed by atoms with Gasteiger partial charge in [0, 0.05) is 6.07 Å². The van der Waals surface area contributed by atoms with Crippen LogP contribution in [0.1, 0.15) is 17.4 Å². The Morgan fingerprint density at radius 2 is 2.15 bits per heavy atom. The number of ether oxygens (including phenoxy) is 2. The molecule has 0 aliphatic heterocycles. The number of hydrogen-bond donors (Lipinski definition) is 0. The standard InChI is InChI=1S/C15H15FO4/c1-10-6-7-14(20-10)13(15(17)18-2)9-19-12-5-3-4-11(16)8-12/h3-8,13H,9H2,1-2H3. The van der Waals surface area contributed by atoms with Crippen molar-refractivity contribution >= 4 is 5.97 Å². The van der Waals surface area contributed by atoms with Gasteiger partial charge in [-0.05, 0) is 31.2 Å². The Balaban J connectivity index is 2.11. The molecule has 2 aromatic rings. The maximum Gasteiger partial charge on any atom is 0.319 e. The summed E-state index contributed by atoms with van der Waals surface area (Å²) in [6.07, 6.45) is 0. The summed E-state index contributed by atoms with van der Waals surface area (Å²) in [6, 6.07) is 9.18. The van der Waals surface area contributed by atoms with Gasteiger partial charge in [0.05, 0.1) is 7.11 Å². The molecular formula is C15H15FO4. The van der Waals surface area contributed by atoms with E-state index in [1.807, 2.05) is 0 Å². The first-order valence-corrected chi connectivity index (χ1v) is 6.12. The van der Waals surface area contributed by atoms with Crippen molar-refractivity contribution in [2.45, 2.75) is 12.8 Å². The lowest BCUT2D eigenvalue weighted by atomic mass is 10.1. The van der Waals surface area contributed by atoms with E-state index < -0.39 is 17.7 Å². The van der Waals surface area contributed by atoms with E-state index in [9.17, 15) is 9.18 Å². The predicted octanol–water partition coefficient (Wildman–Crippen LogP) is 3.06. The topological polar surface area (TPSA) is 48.7 Å². The zero-order valence-electron chi connectivity index (χ0n) is 11.3. The van der Waals surface area contributed by atoms with Gasteiger partial charge in [0.25, 0.3) is 0 Å². The van der Waals surface area contributed by atoms with E-state index in [1.165, 1.54) is 25.3 Å². The van der Waals surface area contributed by atoms with E-state index in [1.54, 1.807) is 25.1 Å². The van der Waals surface area contributed by atoms with Gasteiger partial charge in [-0.25, -0.2) is 4.39 Å². The molecule has 0 bridgehead atoms. The van der Waals surface area contributed by atoms with E-state index in [4.69, 9.17) is 13.9 Å². The molecular weight excluding hydrogens is 263 g/mol. The lowest BCUT2D eigenvalue weighted by Gasteiger charge is -2.13. The summed E-state index contributed by atoms with van der Waals surface area (Å²) in [4.78, 5) is 11.8. The first-order valence-electron chi connectivity index (χ1n) is 6.12. The maximum absolute atomic E-state index is 13.1. The molecule has 0 saturated heterocycles. The van der Waals surface area contributed by atoms with Crippen molar-refractivity contribution in [3.8, 4) is 5.75 Å². The third-order valence-electron chi connectivity index (χ3n) is 2.80. The Kier molecular flexibility index (Phi) is 4.40. The number of rotatable bonds is 5. The zero-order valence-corrected chi connectivity index (χ0v) is 11.3. The Morgan fingerprint density at radius 3 is 2.75 bits per heavy atom. The monoisotopic (exact) mass is 278 g/mol. The van der Waals surface area contributed by atoms with Crippen LogP contribution in [0.4, 0.5) is 4.39 Å². The number of hydrogen-bond acceptors (Lipinski definition) is 4. The Morgan fingerprint density at radius 1 is 1.35 bits per heavy atom. The average molecular weight is 278 g/mol. The molecule has 1 atom stereocenters. The zero-order chi connectivity index (χ0) is 14.5. The molecule has 106 valence electrons. The van der Waals surface area contributed by atoms with Crippen LogP contribution in [-0.4, -0.2) is 19.7 Å². The average Bonchev–Trinajstić information content (AvgIpc) is 2.85. The summed E-state index contributed by atoms with van der Waals surface area (Å²) in [5.74, 6) is -0.0359. The fourth-order valence-electron chi connectivity index (χ4n) is 1.79. The molecule has 0 spiro atoms. The first-order chi connectivity index (χ1) is 9.60. The van der Waals surface area contributed by atoms with Gasteiger partial charge in [-0.2, -0.15) is 0 Å². The van der Waals surface area contributed by atoms with Gasteiger partial charge in [-0.15, -0.1) is 0 Å². The summed E-state index contributed by atoms with van der Waals surface area (Å²) in [5, 5.41) is 0. The molecule has 0 radical (unpaired) electrons. The largest absolute Gasteiger partial charge is 0.492 e. The number of aryl methyl sites for hydroxylation is 1. The molecule has 5 heteroatoms. The highest BCUT2D eigenvalue weighted by Gasteiger charge is 2.25. The molecule has 0 fully saturated rings. The molecule has 0 aliphatic carbocycles. The van der Waals surface area contributed by atoms with Crippen molar-refractivity contribution < 1.29 is 23.1 Å². The molecule has 0 N–H and O–H groups in total. The van der Waals surface area contributed by atoms with Crippen LogP contribution in [0, 0.1) is 12.7 Å². The van der Waals surface area contributed by atoms with Crippen molar-refractivity contribution in [1.82, 2.24) is 0 Å². The number of methoxy groups -OCH3 is 1. The summed E-state index contributed by atoms with van der Waals surface area (Å²) in [5.41, 5.74) is 0. The third kappa shape index (κ3) is 3.38. The van der Waals surface area contributed by atoms with Gasteiger partial charge in [0.15, 0.2) is 0 Å². The molecule has 1 unspecified atom stereocenters. The van der Waals surface area contributed by atoms with Gasteiger partial charge in [-0.1, -0.05) is 6.07 Å². The molecule has 0 aliphatic rings. The van der Waals surface area contributed by atoms with Crippen molar-refractivity contribution in [2.24, 2.45) is 0 Å². The minimum atomic E-state index is -0.683. The van der Waals surface area contributed by atoms with Crippen molar-refractivity contribution in [1.29, 1.82) is 0 Å². The van der Waals surface area contributed by atoms with Crippen molar-refractivity contribution in [3.63, 3.8) is 0 Å². The van der Waals surface area contributed by atoms with Crippen LogP contribution in [0.25, 0.3) is 0 Å². The van der Waals surface area contributed by atoms with Crippen LogP contribution in [0.2, 0.25) is 0 Å². The summed E-state index contributed by atoms with van der Waals surface area (Å²) < 4.78 is 28.6. The quantitative estimate of drug-likeness (QED) is 0.789. The van der Waals surface area contributed by atoms with Crippen molar-refractivity contribution in [2.75, 3.05) is 13.7 Å². The molecule has 0 amide bonds. The smallest absolute Gasteiger partial charge is 0.319 e. The predicted molar refractivity (Wildman–Crippen MR) is 70.1 cm³/mol. The number of esters is 1. The van der Waals surface area contributed by atoms with E-state index in [0.717, 1.165) is 0 Å². The molecule has 1 aromatic heterocycles. The molecule has 2 rings (SSSR count). The second-order valence-corrected chi connectivity index (χ2v) is 4.29. The molecule has 0 saturated carbocycles. The molecule has 1 aromatic carbocycles. The normalized spacial score (nSPS) is 11.9. The fraction of sp³-hybridized carbons (Fsp3) is 0.267. The number of halogens is 1. The molecule has 20 heavy (non-hydrogen) atoms. The van der Waals surface area contributed by atoms with E-state index in [-0.39, 0.29) is 6.61 Å². The van der Waals surface area contributed by atoms with Gasteiger partial charge in [-0.3, -0.25) is 4.79 Å². The summed E-state index contributed by atoms with van der Waals surface area (Å²) >= 11 is 0. The minimum Gasteiger partial charge on any atom is -0.492 e. The Bertz CT molecular complexity index is 591. The number of carbonyl (C=O) groups excluding carboxylic acids is 1. The highest BCUT2D eigenvalue weighted by Crippen LogP contribution is 2.22. The Hall–Kier alpha value is -2.30. The molecule has 1 heterocycles. The summed E-state index contributed by atoms with van der Waals surface area (Å²) in [7, 11) is 1.30. The lowest BCUT2D eigenvalue weighted by molar-refractivity contribution is -0.143. The number of benzene rings is 1. The van der Waals surface area contributed by atoms with Crippen LogP contribution in [0.15, 0.2) is 40.8 Å². The maximum atomic E-state index is 13.1. The third-order valence-corrected chi connectivity index (χ3v) is 2.80. The van der Waals surface area contributed by atoms with Crippen LogP contribution < -0.4 is 4.74 Å². The number of furan rings is 1. The fourth-order valence-corrected chi connectivity index (χ4v) is 1.79. The molecule has 4 nitrogen and oxygen atoms in total. The van der Waals surface area contributed by atoms with Gasteiger partial charge in [0.1, 0.15) is 35.6 Å². The highest BCUT2D eigenvalue weighted by molar-refractivity contribution is 5.77. The van der Waals surface area contributed by atoms with Gasteiger partial charge in [0.2, 0.25) is 0 Å². The second-order valence-electron chi connectivity index (χ2n) is 4.29. The first kappa shape index (κ1) is 14.1. The van der Waals surface area contributed by atoms with E-state index >= 15 is 0 Å². The van der Waals surface area contributed by atoms with Crippen LogP contribution in [0.5, 0.6) is 5.75 Å². The summed E-state index contributed by atoms with van der Waals surface area (Å²) in [6.45, 7) is 1.80.